The average Bonchev–Trinajstić information content (AvgIpc) is 2.99. The highest BCUT2D eigenvalue weighted by atomic mass is 127. The lowest BCUT2D eigenvalue weighted by atomic mass is 10.2. The number of rotatable bonds is 7. The minimum Gasteiger partial charge on any atom is -0.493 e. The Morgan fingerprint density at radius 2 is 2.04 bits per heavy atom. The molecule has 1 heterocycles. The summed E-state index contributed by atoms with van der Waals surface area (Å²) in [4.78, 5) is 7.05. The molecule has 6 nitrogen and oxygen atoms in total. The largest absolute Gasteiger partial charge is 0.493 e. The van der Waals surface area contributed by atoms with Gasteiger partial charge in [0.15, 0.2) is 17.5 Å². The van der Waals surface area contributed by atoms with Crippen molar-refractivity contribution in [1.29, 1.82) is 0 Å². The molecule has 2 rings (SSSR count). The first kappa shape index (κ1) is 21.8. The van der Waals surface area contributed by atoms with Crippen LogP contribution in [-0.4, -0.2) is 50.8 Å². The topological polar surface area (TPSA) is 72.1 Å². The van der Waals surface area contributed by atoms with Gasteiger partial charge in [0.05, 0.1) is 20.8 Å². The smallest absolute Gasteiger partial charge is 0.193 e. The van der Waals surface area contributed by atoms with E-state index in [-0.39, 0.29) is 24.0 Å². The van der Waals surface area contributed by atoms with E-state index < -0.39 is 0 Å². The fourth-order valence-electron chi connectivity index (χ4n) is 3.12. The van der Waals surface area contributed by atoms with Crippen molar-refractivity contribution in [2.75, 3.05) is 39.2 Å². The summed E-state index contributed by atoms with van der Waals surface area (Å²) in [6, 6.07) is 6.08. The highest BCUT2D eigenvalue weighted by molar-refractivity contribution is 14.0. The summed E-state index contributed by atoms with van der Waals surface area (Å²) in [6.45, 7) is 7.54. The van der Waals surface area contributed by atoms with Gasteiger partial charge >= 0.3 is 0 Å². The molecule has 0 saturated carbocycles. The zero-order chi connectivity index (χ0) is 17.5. The molecule has 3 N–H and O–H groups in total. The molecular weight excluding hydrogens is 431 g/mol. The van der Waals surface area contributed by atoms with Crippen molar-refractivity contribution in [3.63, 3.8) is 0 Å². The lowest BCUT2D eigenvalue weighted by Gasteiger charge is -2.25. The minimum absolute atomic E-state index is 0. The molecule has 1 aromatic carbocycles. The first-order valence-electron chi connectivity index (χ1n) is 8.56. The SMILES string of the molecule is COc1ccc(NC(N)=NC[C@H]2CCCN2CC(C)C)cc1OC.I. The number of anilines is 1. The van der Waals surface area contributed by atoms with Crippen LogP contribution in [0.15, 0.2) is 23.2 Å². The van der Waals surface area contributed by atoms with E-state index in [1.54, 1.807) is 14.2 Å². The molecule has 142 valence electrons. The molecule has 1 saturated heterocycles. The molecule has 7 heteroatoms. The van der Waals surface area contributed by atoms with E-state index in [1.165, 1.54) is 19.4 Å². The van der Waals surface area contributed by atoms with E-state index in [9.17, 15) is 0 Å². The third-order valence-electron chi connectivity index (χ3n) is 4.23. The predicted molar refractivity (Wildman–Crippen MR) is 115 cm³/mol. The van der Waals surface area contributed by atoms with Crippen LogP contribution in [0.25, 0.3) is 0 Å². The van der Waals surface area contributed by atoms with Gasteiger partial charge in [0, 0.05) is 24.3 Å². The summed E-state index contributed by atoms with van der Waals surface area (Å²) in [5, 5.41) is 3.12. The van der Waals surface area contributed by atoms with E-state index in [0.717, 1.165) is 18.8 Å². The van der Waals surface area contributed by atoms with E-state index >= 15 is 0 Å². The molecule has 0 aromatic heterocycles. The quantitative estimate of drug-likeness (QED) is 0.370. The second kappa shape index (κ2) is 10.7. The Bertz CT molecular complexity index is 566. The predicted octanol–water partition coefficient (Wildman–Crippen LogP) is 3.17. The van der Waals surface area contributed by atoms with Crippen LogP contribution in [0, 0.1) is 5.92 Å². The number of halogens is 1. The molecule has 1 aromatic rings. The van der Waals surface area contributed by atoms with Crippen molar-refractivity contribution < 1.29 is 9.47 Å². The number of nitrogens with two attached hydrogens (primary N) is 1. The van der Waals surface area contributed by atoms with E-state index in [4.69, 9.17) is 15.2 Å². The van der Waals surface area contributed by atoms with Gasteiger partial charge in [-0.2, -0.15) is 0 Å². The zero-order valence-electron chi connectivity index (χ0n) is 15.6. The zero-order valence-corrected chi connectivity index (χ0v) is 17.9. The number of aliphatic imine (C=N–C) groups is 1. The molecule has 0 radical (unpaired) electrons. The van der Waals surface area contributed by atoms with Gasteiger partial charge < -0.3 is 20.5 Å². The maximum Gasteiger partial charge on any atom is 0.193 e. The standard InChI is InChI=1S/C18H30N4O2.HI/c1-13(2)12-22-9-5-6-15(22)11-20-18(19)21-14-7-8-16(23-3)17(10-14)24-4;/h7-8,10,13,15H,5-6,9,11-12H2,1-4H3,(H3,19,20,21);1H/t15-;/m1./s1. The first-order chi connectivity index (χ1) is 11.5. The van der Waals surface area contributed by atoms with Crippen molar-refractivity contribution >= 4 is 35.6 Å². The fraction of sp³-hybridized carbons (Fsp3) is 0.611. The van der Waals surface area contributed by atoms with E-state index in [1.807, 2.05) is 18.2 Å². The van der Waals surface area contributed by atoms with Gasteiger partial charge in [0.1, 0.15) is 0 Å². The summed E-state index contributed by atoms with van der Waals surface area (Å²) < 4.78 is 10.5. The van der Waals surface area contributed by atoms with Crippen molar-refractivity contribution in [1.82, 2.24) is 4.90 Å². The number of likely N-dealkylation sites (tertiary alicyclic amines) is 1. The fourth-order valence-corrected chi connectivity index (χ4v) is 3.12. The Kier molecular flexibility index (Phi) is 9.34. The normalized spacial score (nSPS) is 18.1. The average molecular weight is 462 g/mol. The van der Waals surface area contributed by atoms with Gasteiger partial charge in [-0.1, -0.05) is 13.8 Å². The summed E-state index contributed by atoms with van der Waals surface area (Å²) in [5.74, 6) is 2.46. The third kappa shape index (κ3) is 6.54. The van der Waals surface area contributed by atoms with Crippen LogP contribution < -0.4 is 20.5 Å². The summed E-state index contributed by atoms with van der Waals surface area (Å²) in [5.41, 5.74) is 6.87. The highest BCUT2D eigenvalue weighted by Crippen LogP contribution is 2.29. The van der Waals surface area contributed by atoms with E-state index in [0.29, 0.717) is 29.4 Å². The van der Waals surface area contributed by atoms with Crippen molar-refractivity contribution in [2.45, 2.75) is 32.7 Å². The van der Waals surface area contributed by atoms with Crippen LogP contribution in [0.5, 0.6) is 11.5 Å². The molecule has 1 aliphatic heterocycles. The molecule has 1 aliphatic rings. The number of benzene rings is 1. The lowest BCUT2D eigenvalue weighted by molar-refractivity contribution is 0.231. The highest BCUT2D eigenvalue weighted by Gasteiger charge is 2.24. The third-order valence-corrected chi connectivity index (χ3v) is 4.23. The van der Waals surface area contributed by atoms with Gasteiger partial charge in [-0.25, -0.2) is 0 Å². The summed E-state index contributed by atoms with van der Waals surface area (Å²) in [6.07, 6.45) is 2.44. The van der Waals surface area contributed by atoms with Crippen LogP contribution in [0.4, 0.5) is 5.69 Å². The molecular formula is C18H31IN4O2. The number of methoxy groups -OCH3 is 2. The molecule has 0 bridgehead atoms. The molecule has 0 unspecified atom stereocenters. The number of guanidine groups is 1. The van der Waals surface area contributed by atoms with Gasteiger partial charge in [-0.3, -0.25) is 9.89 Å². The molecule has 0 aliphatic carbocycles. The first-order valence-corrected chi connectivity index (χ1v) is 8.56. The second-order valence-corrected chi connectivity index (χ2v) is 6.61. The number of hydrogen-bond acceptors (Lipinski definition) is 4. The number of ether oxygens (including phenoxy) is 2. The number of nitrogens with one attached hydrogen (secondary N) is 1. The van der Waals surface area contributed by atoms with Crippen molar-refractivity contribution in [3.8, 4) is 11.5 Å². The Hall–Kier alpha value is -1.22. The molecule has 1 atom stereocenters. The number of nitrogens with zero attached hydrogens (tertiary/aromatic N) is 2. The minimum atomic E-state index is 0. The van der Waals surface area contributed by atoms with E-state index in [2.05, 4.69) is 29.1 Å². The van der Waals surface area contributed by atoms with Gasteiger partial charge in [-0.15, -0.1) is 24.0 Å². The molecule has 1 fully saturated rings. The van der Waals surface area contributed by atoms with Gasteiger partial charge in [0.25, 0.3) is 0 Å². The van der Waals surface area contributed by atoms with Crippen LogP contribution >= 0.6 is 24.0 Å². The molecule has 0 amide bonds. The Morgan fingerprint density at radius 3 is 2.68 bits per heavy atom. The molecule has 25 heavy (non-hydrogen) atoms. The summed E-state index contributed by atoms with van der Waals surface area (Å²) >= 11 is 0. The summed E-state index contributed by atoms with van der Waals surface area (Å²) in [7, 11) is 3.23. The maximum absolute atomic E-state index is 6.04. The van der Waals surface area contributed by atoms with Gasteiger partial charge in [-0.05, 0) is 37.4 Å². The second-order valence-electron chi connectivity index (χ2n) is 6.61. The number of hydrogen-bond donors (Lipinski definition) is 2. The van der Waals surface area contributed by atoms with Gasteiger partial charge in [0.2, 0.25) is 0 Å². The van der Waals surface area contributed by atoms with Crippen molar-refractivity contribution in [2.24, 2.45) is 16.6 Å². The maximum atomic E-state index is 6.04. The monoisotopic (exact) mass is 462 g/mol. The van der Waals surface area contributed by atoms with Crippen molar-refractivity contribution in [3.05, 3.63) is 18.2 Å². The Balaban J connectivity index is 0.00000312. The van der Waals surface area contributed by atoms with Crippen LogP contribution in [0.2, 0.25) is 0 Å². The molecule has 0 spiro atoms. The van der Waals surface area contributed by atoms with Crippen LogP contribution in [0.3, 0.4) is 0 Å². The Labute approximate surface area is 168 Å². The lowest BCUT2D eigenvalue weighted by Crippen LogP contribution is -2.35. The van der Waals surface area contributed by atoms with Crippen LogP contribution in [0.1, 0.15) is 26.7 Å². The Morgan fingerprint density at radius 1 is 1.32 bits per heavy atom. The van der Waals surface area contributed by atoms with Crippen LogP contribution in [-0.2, 0) is 0 Å².